The molecule has 11 atom stereocenters. The van der Waals surface area contributed by atoms with E-state index in [1.807, 2.05) is 0 Å². The van der Waals surface area contributed by atoms with Crippen LogP contribution in [0.25, 0.3) is 0 Å². The van der Waals surface area contributed by atoms with Gasteiger partial charge in [-0.15, -0.1) is 0 Å². The molecule has 11 N–H and O–H groups in total. The molecule has 16 heteroatoms. The highest BCUT2D eigenvalue weighted by Crippen LogP contribution is 2.40. The van der Waals surface area contributed by atoms with E-state index in [4.69, 9.17) is 19.3 Å². The number of aliphatic hydroxyl groups excluding tert-OH is 8. The molecule has 2 rings (SSSR count). The van der Waals surface area contributed by atoms with Gasteiger partial charge in [0.1, 0.15) is 30.5 Å². The first-order chi connectivity index (χ1) is 15.2. The highest BCUT2D eigenvalue weighted by molar-refractivity contribution is 5.76. The Bertz CT molecular complexity index is 710. The lowest BCUT2D eigenvalue weighted by molar-refractivity contribution is -0.448. The Morgan fingerprint density at radius 3 is 2.24 bits per heavy atom. The van der Waals surface area contributed by atoms with E-state index in [0.29, 0.717) is 0 Å². The van der Waals surface area contributed by atoms with Crippen molar-refractivity contribution in [2.45, 2.75) is 80.0 Å². The minimum atomic E-state index is -3.35. The van der Waals surface area contributed by atoms with E-state index >= 15 is 0 Å². The molecule has 2 saturated heterocycles. The quantitative estimate of drug-likeness (QED) is 0.142. The first kappa shape index (κ1) is 27.7. The average Bonchev–Trinajstić information content (AvgIpc) is 2.75. The van der Waals surface area contributed by atoms with Crippen LogP contribution < -0.4 is 5.32 Å². The van der Waals surface area contributed by atoms with Gasteiger partial charge in [0, 0.05) is 13.3 Å². The minimum absolute atomic E-state index is 0.745. The molecule has 1 amide bonds. The Kier molecular flexibility index (Phi) is 8.72. The van der Waals surface area contributed by atoms with Crippen molar-refractivity contribution in [3.05, 3.63) is 0 Å². The smallest absolute Gasteiger partial charge is 0.364 e. The van der Waals surface area contributed by atoms with Crippen molar-refractivity contribution in [2.75, 3.05) is 13.2 Å². The van der Waals surface area contributed by atoms with Crippen LogP contribution in [-0.4, -0.2) is 143 Å². The van der Waals surface area contributed by atoms with Crippen molar-refractivity contribution in [3.63, 3.8) is 0 Å². The lowest BCUT2D eigenvalue weighted by Crippen LogP contribution is -2.74. The van der Waals surface area contributed by atoms with E-state index < -0.39 is 98.1 Å². The summed E-state index contributed by atoms with van der Waals surface area (Å²) in [5, 5.41) is 102. The monoisotopic (exact) mass is 487 g/mol. The zero-order valence-electron chi connectivity index (χ0n) is 17.3. The number of carboxylic acid groups (broad SMARTS) is 1. The Morgan fingerprint density at radius 2 is 1.76 bits per heavy atom. The Balaban J connectivity index is 2.51. The number of nitrogens with one attached hydrogen (secondary N) is 1. The second-order valence-electron chi connectivity index (χ2n) is 7.87. The highest BCUT2D eigenvalue weighted by atomic mass is 16.8. The summed E-state index contributed by atoms with van der Waals surface area (Å²) in [5.74, 6) is -9.30. The lowest BCUT2D eigenvalue weighted by Gasteiger charge is -2.52. The third kappa shape index (κ3) is 5.26. The molecule has 0 radical (unpaired) electrons. The lowest BCUT2D eigenvalue weighted by atomic mass is 9.87. The summed E-state index contributed by atoms with van der Waals surface area (Å²) in [5.41, 5.74) is 0. The largest absolute Gasteiger partial charge is 0.477 e. The molecule has 2 aliphatic heterocycles. The fraction of sp³-hybridized carbons (Fsp3) is 0.882. The predicted octanol–water partition coefficient (Wildman–Crippen LogP) is -6.73. The van der Waals surface area contributed by atoms with Crippen LogP contribution in [0.15, 0.2) is 0 Å². The van der Waals surface area contributed by atoms with Gasteiger partial charge in [-0.25, -0.2) is 4.79 Å². The molecule has 2 fully saturated rings. The maximum Gasteiger partial charge on any atom is 0.364 e. The third-order valence-electron chi connectivity index (χ3n) is 5.48. The van der Waals surface area contributed by atoms with Crippen LogP contribution in [0.4, 0.5) is 0 Å². The van der Waals surface area contributed by atoms with E-state index in [2.05, 4.69) is 5.32 Å². The number of carbonyl (C=O) groups is 2. The number of aliphatic carboxylic acids is 1. The van der Waals surface area contributed by atoms with Crippen molar-refractivity contribution < 1.29 is 74.9 Å². The van der Waals surface area contributed by atoms with Crippen molar-refractivity contribution in [3.8, 4) is 0 Å². The van der Waals surface area contributed by atoms with Crippen molar-refractivity contribution in [2.24, 2.45) is 0 Å². The first-order valence-corrected chi connectivity index (χ1v) is 9.80. The molecular formula is C17H29NO15. The SMILES string of the molecule is CC(=O)N[C@H]1[C@H]([C@H](O)[C@H](O)CO)O[C@@](O[C@@]2(O)[C@@H](O)[C@H](O)O[C@H](CO)[C@@H]2O)(C(=O)O)C[C@@H]1O. The molecule has 16 nitrogen and oxygen atoms in total. The van der Waals surface area contributed by atoms with Crippen molar-refractivity contribution >= 4 is 11.9 Å². The second-order valence-corrected chi connectivity index (χ2v) is 7.87. The molecular weight excluding hydrogens is 458 g/mol. The molecule has 0 saturated carbocycles. The molecule has 2 aliphatic rings. The van der Waals surface area contributed by atoms with Crippen LogP contribution in [0.2, 0.25) is 0 Å². The summed E-state index contributed by atoms with van der Waals surface area (Å²) >= 11 is 0. The summed E-state index contributed by atoms with van der Waals surface area (Å²) in [7, 11) is 0. The van der Waals surface area contributed by atoms with E-state index in [1.54, 1.807) is 0 Å². The van der Waals surface area contributed by atoms with Crippen LogP contribution >= 0.6 is 0 Å². The standard InChI is InChI=1S/C17H29NO15/c1-5(21)18-9-6(22)2-16(15(28)29,32-11(9)10(24)7(23)3-19)33-17(30)12(25)8(4-20)31-14(27)13(17)26/h6-14,19-20,22-27,30H,2-4H2,1H3,(H,18,21)(H,28,29)/t6-,7+,8+,9+,10+,11+,12-,13-,14+,16-,17+/m0/s1. The Hall–Kier alpha value is -1.54. The number of rotatable bonds is 8. The van der Waals surface area contributed by atoms with Gasteiger partial charge >= 0.3 is 5.97 Å². The molecule has 0 aromatic carbocycles. The van der Waals surface area contributed by atoms with Gasteiger partial charge in [-0.05, 0) is 0 Å². The van der Waals surface area contributed by atoms with E-state index in [-0.39, 0.29) is 0 Å². The average molecular weight is 487 g/mol. The number of aliphatic hydroxyl groups is 9. The molecule has 0 bridgehead atoms. The van der Waals surface area contributed by atoms with Gasteiger partial charge < -0.3 is 70.6 Å². The van der Waals surface area contributed by atoms with Crippen LogP contribution in [0, 0.1) is 0 Å². The number of amides is 1. The van der Waals surface area contributed by atoms with Gasteiger partial charge in [-0.1, -0.05) is 0 Å². The zero-order valence-corrected chi connectivity index (χ0v) is 17.3. The summed E-state index contributed by atoms with van der Waals surface area (Å²) in [6, 6.07) is -1.54. The van der Waals surface area contributed by atoms with Gasteiger partial charge in [-0.3, -0.25) is 4.79 Å². The summed E-state index contributed by atoms with van der Waals surface area (Å²) < 4.78 is 15.1. The number of ether oxygens (including phenoxy) is 3. The Labute approximate surface area is 186 Å². The van der Waals surface area contributed by atoms with Crippen molar-refractivity contribution in [1.29, 1.82) is 0 Å². The molecule has 2 heterocycles. The van der Waals surface area contributed by atoms with E-state index in [9.17, 15) is 55.5 Å². The molecule has 0 unspecified atom stereocenters. The fourth-order valence-corrected chi connectivity index (χ4v) is 3.73. The normalized spacial score (nSPS) is 43.5. The van der Waals surface area contributed by atoms with Crippen LogP contribution in [-0.2, 0) is 23.8 Å². The predicted molar refractivity (Wildman–Crippen MR) is 98.6 cm³/mol. The van der Waals surface area contributed by atoms with Crippen LogP contribution in [0.5, 0.6) is 0 Å². The second kappa shape index (κ2) is 10.4. The van der Waals surface area contributed by atoms with Gasteiger partial charge in [-0.2, -0.15) is 0 Å². The molecule has 0 aromatic rings. The molecule has 0 spiro atoms. The third-order valence-corrected chi connectivity index (χ3v) is 5.48. The van der Waals surface area contributed by atoms with Crippen LogP contribution in [0.1, 0.15) is 13.3 Å². The maximum absolute atomic E-state index is 12.2. The number of hydrogen-bond donors (Lipinski definition) is 11. The van der Waals surface area contributed by atoms with Crippen LogP contribution in [0.3, 0.4) is 0 Å². The fourth-order valence-electron chi connectivity index (χ4n) is 3.73. The maximum atomic E-state index is 12.2. The van der Waals surface area contributed by atoms with Gasteiger partial charge in [0.25, 0.3) is 5.79 Å². The molecule has 0 aliphatic carbocycles. The zero-order chi connectivity index (χ0) is 25.3. The topological polar surface area (TPSA) is 276 Å². The van der Waals surface area contributed by atoms with Gasteiger partial charge in [0.05, 0.1) is 25.4 Å². The number of carboxylic acids is 1. The van der Waals surface area contributed by atoms with Gasteiger partial charge in [0.2, 0.25) is 11.7 Å². The minimum Gasteiger partial charge on any atom is -0.477 e. The first-order valence-electron chi connectivity index (χ1n) is 9.80. The molecule has 192 valence electrons. The summed E-state index contributed by atoms with van der Waals surface area (Å²) in [6.07, 6.45) is -17.8. The summed E-state index contributed by atoms with van der Waals surface area (Å²) in [4.78, 5) is 23.7. The van der Waals surface area contributed by atoms with Gasteiger partial charge in [0.15, 0.2) is 12.4 Å². The number of hydrogen-bond acceptors (Lipinski definition) is 14. The molecule has 33 heavy (non-hydrogen) atoms. The number of carbonyl (C=O) groups excluding carboxylic acids is 1. The van der Waals surface area contributed by atoms with E-state index in [0.717, 1.165) is 6.92 Å². The Morgan fingerprint density at radius 1 is 1.15 bits per heavy atom. The molecule has 0 aromatic heterocycles. The highest BCUT2D eigenvalue weighted by Gasteiger charge is 2.64. The summed E-state index contributed by atoms with van der Waals surface area (Å²) in [6.45, 7) is -1.01. The van der Waals surface area contributed by atoms with Crippen molar-refractivity contribution in [1.82, 2.24) is 5.32 Å². The van der Waals surface area contributed by atoms with E-state index in [1.165, 1.54) is 0 Å².